The lowest BCUT2D eigenvalue weighted by Crippen LogP contribution is -1.91. The summed E-state index contributed by atoms with van der Waals surface area (Å²) in [7, 11) is 0. The summed E-state index contributed by atoms with van der Waals surface area (Å²) in [6, 6.07) is 7.13. The maximum absolute atomic E-state index is 10.9. The molecule has 0 fully saturated rings. The van der Waals surface area contributed by atoms with Crippen molar-refractivity contribution in [2.75, 3.05) is 0 Å². The van der Waals surface area contributed by atoms with Gasteiger partial charge in [0.25, 0.3) is 0 Å². The summed E-state index contributed by atoms with van der Waals surface area (Å²) < 4.78 is 5.29. The van der Waals surface area contributed by atoms with Gasteiger partial charge in [-0.3, -0.25) is 4.79 Å². The molecule has 0 saturated carbocycles. The summed E-state index contributed by atoms with van der Waals surface area (Å²) in [5.74, 6) is 0.780. The normalized spacial score (nSPS) is 10.4. The first-order valence-corrected chi connectivity index (χ1v) is 5.61. The quantitative estimate of drug-likeness (QED) is 0.819. The van der Waals surface area contributed by atoms with Crippen molar-refractivity contribution < 1.29 is 14.3 Å². The number of carbonyl (C=O) groups is 1. The van der Waals surface area contributed by atoms with E-state index < -0.39 is 0 Å². The Kier molecular flexibility index (Phi) is 3.28. The molecule has 2 rings (SSSR count). The average Bonchev–Trinajstić information content (AvgIpc) is 2.85. The summed E-state index contributed by atoms with van der Waals surface area (Å²) in [6.07, 6.45) is 3.90. The molecule has 0 saturated heterocycles. The second-order valence-electron chi connectivity index (χ2n) is 3.92. The van der Waals surface area contributed by atoms with Crippen LogP contribution in [0.15, 0.2) is 34.9 Å². The number of phenols is 1. The Morgan fingerprint density at radius 3 is 2.82 bits per heavy atom. The molecule has 0 aliphatic rings. The number of hydrogen-bond donors (Lipinski definition) is 1. The van der Waals surface area contributed by atoms with Gasteiger partial charge in [0.05, 0.1) is 11.8 Å². The number of carbonyl (C=O) groups excluding carboxylic acids is 1. The zero-order valence-corrected chi connectivity index (χ0v) is 9.64. The van der Waals surface area contributed by atoms with E-state index in [-0.39, 0.29) is 5.75 Å². The van der Waals surface area contributed by atoms with Crippen molar-refractivity contribution >= 4 is 6.29 Å². The maximum Gasteiger partial charge on any atom is 0.153 e. The Hall–Kier alpha value is -2.03. The Bertz CT molecular complexity index is 513. The molecule has 1 heterocycles. The summed E-state index contributed by atoms with van der Waals surface area (Å²) in [4.78, 5) is 10.9. The molecule has 17 heavy (non-hydrogen) atoms. The van der Waals surface area contributed by atoms with Crippen LogP contribution in [-0.2, 0) is 6.42 Å². The molecule has 0 aliphatic heterocycles. The van der Waals surface area contributed by atoms with E-state index in [2.05, 4.69) is 0 Å². The molecule has 0 atom stereocenters. The van der Waals surface area contributed by atoms with E-state index in [1.54, 1.807) is 18.4 Å². The topological polar surface area (TPSA) is 50.4 Å². The van der Waals surface area contributed by atoms with Gasteiger partial charge in [0.2, 0.25) is 0 Å². The van der Waals surface area contributed by atoms with Crippen LogP contribution >= 0.6 is 0 Å². The molecule has 0 bridgehead atoms. The van der Waals surface area contributed by atoms with Gasteiger partial charge < -0.3 is 9.52 Å². The van der Waals surface area contributed by atoms with Crippen molar-refractivity contribution in [2.24, 2.45) is 0 Å². The van der Waals surface area contributed by atoms with Crippen molar-refractivity contribution in [3.8, 4) is 17.1 Å². The minimum atomic E-state index is 0.0807. The third kappa shape index (κ3) is 2.23. The molecule has 2 aromatic rings. The van der Waals surface area contributed by atoms with Gasteiger partial charge in [0, 0.05) is 5.56 Å². The Balaban J connectivity index is 2.54. The minimum Gasteiger partial charge on any atom is -0.507 e. The fraction of sp³-hybridized carbons (Fsp3) is 0.214. The van der Waals surface area contributed by atoms with Crippen LogP contribution in [0.4, 0.5) is 0 Å². The molecule has 1 aromatic carbocycles. The standard InChI is InChI=1S/C14H14O3/c1-2-4-10-7-11(13-5-3-6-17-13)8-12(9-15)14(10)16/h3,5-9,16H,2,4H2,1H3. The van der Waals surface area contributed by atoms with Crippen LogP contribution in [0.5, 0.6) is 5.75 Å². The molecular formula is C14H14O3. The number of phenolic OH excluding ortho intramolecular Hbond substituents is 1. The Labute approximate surface area is 99.7 Å². The number of furan rings is 1. The molecule has 1 aromatic heterocycles. The van der Waals surface area contributed by atoms with Gasteiger partial charge >= 0.3 is 0 Å². The number of aldehydes is 1. The second-order valence-corrected chi connectivity index (χ2v) is 3.92. The van der Waals surface area contributed by atoms with Crippen molar-refractivity contribution in [1.29, 1.82) is 0 Å². The maximum atomic E-state index is 10.9. The third-order valence-corrected chi connectivity index (χ3v) is 2.67. The van der Waals surface area contributed by atoms with Crippen molar-refractivity contribution in [3.63, 3.8) is 0 Å². The summed E-state index contributed by atoms with van der Waals surface area (Å²) in [6.45, 7) is 2.03. The summed E-state index contributed by atoms with van der Waals surface area (Å²) >= 11 is 0. The highest BCUT2D eigenvalue weighted by Gasteiger charge is 2.11. The average molecular weight is 230 g/mol. The Morgan fingerprint density at radius 2 is 2.24 bits per heavy atom. The highest BCUT2D eigenvalue weighted by atomic mass is 16.3. The fourth-order valence-electron chi connectivity index (χ4n) is 1.85. The van der Waals surface area contributed by atoms with Crippen LogP contribution in [-0.4, -0.2) is 11.4 Å². The number of rotatable bonds is 4. The van der Waals surface area contributed by atoms with Gasteiger partial charge in [-0.05, 0) is 36.2 Å². The van der Waals surface area contributed by atoms with Crippen LogP contribution in [0.1, 0.15) is 29.3 Å². The first-order chi connectivity index (χ1) is 8.26. The van der Waals surface area contributed by atoms with E-state index in [0.717, 1.165) is 24.0 Å². The van der Waals surface area contributed by atoms with E-state index in [9.17, 15) is 9.90 Å². The van der Waals surface area contributed by atoms with Crippen LogP contribution in [0.3, 0.4) is 0 Å². The number of hydrogen-bond acceptors (Lipinski definition) is 3. The van der Waals surface area contributed by atoms with Crippen molar-refractivity contribution in [3.05, 3.63) is 41.7 Å². The summed E-state index contributed by atoms with van der Waals surface area (Å²) in [5.41, 5.74) is 1.91. The third-order valence-electron chi connectivity index (χ3n) is 2.67. The van der Waals surface area contributed by atoms with Crippen LogP contribution in [0.25, 0.3) is 11.3 Å². The molecule has 0 amide bonds. The van der Waals surface area contributed by atoms with Crippen molar-refractivity contribution in [2.45, 2.75) is 19.8 Å². The molecule has 3 heteroatoms. The predicted molar refractivity (Wildman–Crippen MR) is 65.2 cm³/mol. The van der Waals surface area contributed by atoms with Crippen LogP contribution in [0, 0.1) is 0 Å². The molecular weight excluding hydrogens is 216 g/mol. The van der Waals surface area contributed by atoms with Gasteiger partial charge in [-0.15, -0.1) is 0 Å². The molecule has 0 unspecified atom stereocenters. The lowest BCUT2D eigenvalue weighted by molar-refractivity contribution is 0.112. The lowest BCUT2D eigenvalue weighted by atomic mass is 10.00. The monoisotopic (exact) mass is 230 g/mol. The Morgan fingerprint density at radius 1 is 1.41 bits per heavy atom. The van der Waals surface area contributed by atoms with Crippen molar-refractivity contribution in [1.82, 2.24) is 0 Å². The van der Waals surface area contributed by atoms with E-state index in [0.29, 0.717) is 17.6 Å². The van der Waals surface area contributed by atoms with E-state index in [4.69, 9.17) is 4.42 Å². The number of aryl methyl sites for hydroxylation is 1. The molecule has 88 valence electrons. The molecule has 0 radical (unpaired) electrons. The van der Waals surface area contributed by atoms with E-state index in [1.807, 2.05) is 19.1 Å². The molecule has 0 spiro atoms. The zero-order valence-electron chi connectivity index (χ0n) is 9.64. The van der Waals surface area contributed by atoms with Gasteiger partial charge in [-0.1, -0.05) is 13.3 Å². The van der Waals surface area contributed by atoms with Crippen LogP contribution in [0.2, 0.25) is 0 Å². The first kappa shape index (κ1) is 11.5. The van der Waals surface area contributed by atoms with Gasteiger partial charge in [-0.2, -0.15) is 0 Å². The smallest absolute Gasteiger partial charge is 0.153 e. The number of benzene rings is 1. The van der Waals surface area contributed by atoms with Crippen LogP contribution < -0.4 is 0 Å². The zero-order chi connectivity index (χ0) is 12.3. The lowest BCUT2D eigenvalue weighted by Gasteiger charge is -2.08. The van der Waals surface area contributed by atoms with E-state index in [1.165, 1.54) is 0 Å². The second kappa shape index (κ2) is 4.87. The molecule has 1 N–H and O–H groups in total. The highest BCUT2D eigenvalue weighted by molar-refractivity contribution is 5.83. The summed E-state index contributed by atoms with van der Waals surface area (Å²) in [5, 5.41) is 9.88. The largest absolute Gasteiger partial charge is 0.507 e. The highest BCUT2D eigenvalue weighted by Crippen LogP contribution is 2.30. The van der Waals surface area contributed by atoms with Gasteiger partial charge in [-0.25, -0.2) is 0 Å². The SMILES string of the molecule is CCCc1cc(-c2ccco2)cc(C=O)c1O. The predicted octanol–water partition coefficient (Wildman–Crippen LogP) is 3.42. The first-order valence-electron chi connectivity index (χ1n) is 5.61. The van der Waals surface area contributed by atoms with Gasteiger partial charge in [0.15, 0.2) is 6.29 Å². The molecule has 0 aliphatic carbocycles. The van der Waals surface area contributed by atoms with Gasteiger partial charge in [0.1, 0.15) is 11.5 Å². The van der Waals surface area contributed by atoms with E-state index >= 15 is 0 Å². The minimum absolute atomic E-state index is 0.0807. The fourth-order valence-corrected chi connectivity index (χ4v) is 1.85. The molecule has 3 nitrogen and oxygen atoms in total. The number of aromatic hydroxyl groups is 1.